The molecule has 182 valence electrons. The average Bonchev–Trinajstić information content (AvgIpc) is 3.20. The zero-order valence-corrected chi connectivity index (χ0v) is 20.9. The van der Waals surface area contributed by atoms with Crippen molar-refractivity contribution >= 4 is 21.2 Å². The van der Waals surface area contributed by atoms with Crippen molar-refractivity contribution in [1.29, 1.82) is 0 Å². The number of aromatic nitrogens is 3. The Kier molecular flexibility index (Phi) is 6.16. The number of rotatable bonds is 5. The molecule has 0 radical (unpaired) electrons. The van der Waals surface area contributed by atoms with Gasteiger partial charge in [0, 0.05) is 38.1 Å². The fourth-order valence-electron chi connectivity index (χ4n) is 4.61. The van der Waals surface area contributed by atoms with E-state index in [1.165, 1.54) is 12.1 Å². The number of pyridine rings is 1. The van der Waals surface area contributed by atoms with Crippen LogP contribution < -0.4 is 0 Å². The Labute approximate surface area is 204 Å². The van der Waals surface area contributed by atoms with Gasteiger partial charge in [0.15, 0.2) is 5.65 Å². The van der Waals surface area contributed by atoms with E-state index in [0.717, 1.165) is 33.7 Å². The third kappa shape index (κ3) is 4.47. The fraction of sp³-hybridized carbons (Fsp3) is 0.308. The Bertz CT molecular complexity index is 1490. The van der Waals surface area contributed by atoms with Crippen LogP contribution >= 0.6 is 0 Å². The number of halogens is 1. The highest BCUT2D eigenvalue weighted by molar-refractivity contribution is 7.89. The molecule has 1 aliphatic heterocycles. The van der Waals surface area contributed by atoms with Crippen LogP contribution in [0.3, 0.4) is 0 Å². The van der Waals surface area contributed by atoms with Gasteiger partial charge in [0.2, 0.25) is 10.0 Å². The molecule has 4 aromatic rings. The number of hydrogen-bond acceptors (Lipinski definition) is 5. The molecular formula is C26H28FN5O2S. The van der Waals surface area contributed by atoms with Crippen molar-refractivity contribution in [3.05, 3.63) is 83.1 Å². The Balaban J connectivity index is 1.37. The first-order chi connectivity index (χ1) is 16.7. The van der Waals surface area contributed by atoms with Crippen LogP contribution in [0.25, 0.3) is 16.9 Å². The molecule has 0 unspecified atom stereocenters. The van der Waals surface area contributed by atoms with Crippen molar-refractivity contribution in [2.24, 2.45) is 0 Å². The number of hydrogen-bond donors (Lipinski definition) is 0. The summed E-state index contributed by atoms with van der Waals surface area (Å²) in [7, 11) is -3.56. The zero-order valence-electron chi connectivity index (χ0n) is 20.1. The maximum absolute atomic E-state index is 13.5. The standard InChI is InChI=1S/C26H28FN5O2S/c1-18-15-20(3)24(16-19(18)2)35(33,34)31-13-11-30(12-14-31)17-25-29-23-5-4-10-28-26(23)32(25)22-8-6-21(27)7-9-22/h4-10,15-16H,11-14,17H2,1-3H3. The summed E-state index contributed by atoms with van der Waals surface area (Å²) in [5.74, 6) is 0.482. The molecular weight excluding hydrogens is 465 g/mol. The molecule has 7 nitrogen and oxygen atoms in total. The summed E-state index contributed by atoms with van der Waals surface area (Å²) in [6.45, 7) is 8.30. The van der Waals surface area contributed by atoms with Crippen molar-refractivity contribution in [2.75, 3.05) is 26.2 Å². The molecule has 2 aromatic heterocycles. The number of benzene rings is 2. The van der Waals surface area contributed by atoms with Crippen LogP contribution in [0.4, 0.5) is 4.39 Å². The van der Waals surface area contributed by atoms with Gasteiger partial charge in [-0.2, -0.15) is 4.31 Å². The summed E-state index contributed by atoms with van der Waals surface area (Å²) in [6.07, 6.45) is 1.71. The molecule has 0 atom stereocenters. The predicted octanol–water partition coefficient (Wildman–Crippen LogP) is 3.99. The largest absolute Gasteiger partial charge is 0.293 e. The van der Waals surface area contributed by atoms with Gasteiger partial charge in [-0.3, -0.25) is 9.47 Å². The minimum atomic E-state index is -3.56. The van der Waals surface area contributed by atoms with Crippen LogP contribution in [-0.4, -0.2) is 58.3 Å². The Hall–Kier alpha value is -3.14. The van der Waals surface area contributed by atoms with Crippen LogP contribution in [0, 0.1) is 26.6 Å². The molecule has 5 rings (SSSR count). The lowest BCUT2D eigenvalue weighted by atomic mass is 10.1. The molecule has 0 saturated carbocycles. The molecule has 1 saturated heterocycles. The number of aryl methyl sites for hydroxylation is 3. The number of nitrogens with zero attached hydrogens (tertiary/aromatic N) is 5. The molecule has 1 aliphatic rings. The molecule has 0 N–H and O–H groups in total. The lowest BCUT2D eigenvalue weighted by molar-refractivity contribution is 0.177. The van der Waals surface area contributed by atoms with Gasteiger partial charge in [0.1, 0.15) is 17.2 Å². The first kappa shape index (κ1) is 23.6. The SMILES string of the molecule is Cc1cc(C)c(S(=O)(=O)N2CCN(Cc3nc4cccnc4n3-c3ccc(F)cc3)CC2)cc1C. The summed E-state index contributed by atoms with van der Waals surface area (Å²) in [5, 5.41) is 0. The fourth-order valence-corrected chi connectivity index (χ4v) is 6.32. The third-order valence-electron chi connectivity index (χ3n) is 6.68. The third-order valence-corrected chi connectivity index (χ3v) is 8.72. The van der Waals surface area contributed by atoms with Gasteiger partial charge in [-0.05, 0) is 79.9 Å². The summed E-state index contributed by atoms with van der Waals surface area (Å²) < 4.78 is 43.8. The highest BCUT2D eigenvalue weighted by atomic mass is 32.2. The van der Waals surface area contributed by atoms with E-state index in [-0.39, 0.29) is 5.82 Å². The lowest BCUT2D eigenvalue weighted by Gasteiger charge is -2.34. The van der Waals surface area contributed by atoms with E-state index < -0.39 is 10.0 Å². The number of piperazine rings is 1. The van der Waals surface area contributed by atoms with Crippen LogP contribution in [0.2, 0.25) is 0 Å². The van der Waals surface area contributed by atoms with E-state index in [9.17, 15) is 12.8 Å². The lowest BCUT2D eigenvalue weighted by Crippen LogP contribution is -2.48. The van der Waals surface area contributed by atoms with Crippen LogP contribution in [-0.2, 0) is 16.6 Å². The van der Waals surface area contributed by atoms with Crippen molar-refractivity contribution in [3.8, 4) is 5.69 Å². The number of sulfonamides is 1. The van der Waals surface area contributed by atoms with Crippen molar-refractivity contribution in [3.63, 3.8) is 0 Å². The summed E-state index contributed by atoms with van der Waals surface area (Å²) in [5.41, 5.74) is 5.09. The Morgan fingerprint density at radius 2 is 1.60 bits per heavy atom. The van der Waals surface area contributed by atoms with Crippen LogP contribution in [0.5, 0.6) is 0 Å². The van der Waals surface area contributed by atoms with E-state index in [4.69, 9.17) is 4.98 Å². The molecule has 35 heavy (non-hydrogen) atoms. The number of imidazole rings is 1. The second-order valence-electron chi connectivity index (χ2n) is 9.07. The highest BCUT2D eigenvalue weighted by Crippen LogP contribution is 2.26. The molecule has 0 bridgehead atoms. The highest BCUT2D eigenvalue weighted by Gasteiger charge is 2.30. The molecule has 0 amide bonds. The van der Waals surface area contributed by atoms with E-state index in [1.807, 2.05) is 43.5 Å². The first-order valence-corrected chi connectivity index (χ1v) is 13.1. The van der Waals surface area contributed by atoms with Gasteiger partial charge in [0.25, 0.3) is 0 Å². The number of fused-ring (bicyclic) bond motifs is 1. The van der Waals surface area contributed by atoms with Gasteiger partial charge in [-0.25, -0.2) is 22.8 Å². The minimum Gasteiger partial charge on any atom is -0.293 e. The zero-order chi connectivity index (χ0) is 24.7. The van der Waals surface area contributed by atoms with Crippen molar-refractivity contribution < 1.29 is 12.8 Å². The minimum absolute atomic E-state index is 0.302. The van der Waals surface area contributed by atoms with E-state index >= 15 is 0 Å². The van der Waals surface area contributed by atoms with Gasteiger partial charge >= 0.3 is 0 Å². The molecule has 0 aliphatic carbocycles. The van der Waals surface area contributed by atoms with Gasteiger partial charge in [-0.15, -0.1) is 0 Å². The normalized spacial score (nSPS) is 15.7. The quantitative estimate of drug-likeness (QED) is 0.420. The maximum atomic E-state index is 13.5. The Morgan fingerprint density at radius 3 is 2.31 bits per heavy atom. The molecule has 9 heteroatoms. The topological polar surface area (TPSA) is 71.3 Å². The van der Waals surface area contributed by atoms with Gasteiger partial charge < -0.3 is 0 Å². The predicted molar refractivity (Wildman–Crippen MR) is 134 cm³/mol. The second kappa shape index (κ2) is 9.14. The van der Waals surface area contributed by atoms with Crippen molar-refractivity contribution in [2.45, 2.75) is 32.2 Å². The summed E-state index contributed by atoms with van der Waals surface area (Å²) in [4.78, 5) is 11.9. The second-order valence-corrected chi connectivity index (χ2v) is 11.0. The van der Waals surface area contributed by atoms with Crippen LogP contribution in [0.15, 0.2) is 59.6 Å². The van der Waals surface area contributed by atoms with Gasteiger partial charge in [-0.1, -0.05) is 6.07 Å². The van der Waals surface area contributed by atoms with E-state index in [0.29, 0.717) is 43.3 Å². The maximum Gasteiger partial charge on any atom is 0.243 e. The first-order valence-electron chi connectivity index (χ1n) is 11.6. The summed E-state index contributed by atoms with van der Waals surface area (Å²) in [6, 6.07) is 13.7. The molecule has 2 aromatic carbocycles. The average molecular weight is 494 g/mol. The summed E-state index contributed by atoms with van der Waals surface area (Å²) >= 11 is 0. The van der Waals surface area contributed by atoms with Crippen LogP contribution in [0.1, 0.15) is 22.5 Å². The van der Waals surface area contributed by atoms with E-state index in [1.54, 1.807) is 28.7 Å². The van der Waals surface area contributed by atoms with E-state index in [2.05, 4.69) is 9.88 Å². The smallest absolute Gasteiger partial charge is 0.243 e. The van der Waals surface area contributed by atoms with Crippen molar-refractivity contribution in [1.82, 2.24) is 23.7 Å². The molecule has 0 spiro atoms. The Morgan fingerprint density at radius 1 is 0.914 bits per heavy atom. The van der Waals surface area contributed by atoms with Gasteiger partial charge in [0.05, 0.1) is 11.4 Å². The molecule has 3 heterocycles. The molecule has 1 fully saturated rings. The monoisotopic (exact) mass is 493 g/mol.